The number of fused-ring (bicyclic) bond motifs is 3. The molecule has 4 aliphatic rings. The maximum Gasteiger partial charge on any atom is 0.339 e. The summed E-state index contributed by atoms with van der Waals surface area (Å²) in [6, 6.07) is 0. The van der Waals surface area contributed by atoms with Crippen molar-refractivity contribution in [2.24, 2.45) is 45.8 Å². The Hall–Kier alpha value is -2.53. The van der Waals surface area contributed by atoms with Gasteiger partial charge in [-0.05, 0) is 114 Å². The van der Waals surface area contributed by atoms with Crippen molar-refractivity contribution in [2.75, 3.05) is 13.7 Å². The summed E-state index contributed by atoms with van der Waals surface area (Å²) in [4.78, 5) is 40.4. The molecule has 12 atom stereocenters. The van der Waals surface area contributed by atoms with Crippen LogP contribution in [0, 0.1) is 45.8 Å². The average Bonchev–Trinajstić information content (AvgIpc) is 3.66. The third-order valence-electron chi connectivity index (χ3n) is 13.5. The van der Waals surface area contributed by atoms with Gasteiger partial charge in [0.1, 0.15) is 12.2 Å². The molecule has 0 aromatic heterocycles. The Labute approximate surface area is 311 Å². The summed E-state index contributed by atoms with van der Waals surface area (Å²) in [6.07, 6.45) is 4.37. The fourth-order valence-electron chi connectivity index (χ4n) is 10.9. The molecule has 1 unspecified atom stereocenters. The molecule has 0 spiro atoms. The Morgan fingerprint density at radius 1 is 1.06 bits per heavy atom. The van der Waals surface area contributed by atoms with Crippen molar-refractivity contribution in [3.05, 3.63) is 34.9 Å². The molecule has 0 aromatic carbocycles. The number of hydrogen-bond acceptors (Lipinski definition) is 10. The maximum atomic E-state index is 13.8. The van der Waals surface area contributed by atoms with E-state index in [4.69, 9.17) is 18.9 Å². The van der Waals surface area contributed by atoms with Crippen molar-refractivity contribution in [2.45, 2.75) is 151 Å². The molecule has 0 bridgehead atoms. The fraction of sp³-hybridized carbons (Fsp3) is 0.786. The number of carbonyl (C=O) groups excluding carboxylic acids is 3. The van der Waals surface area contributed by atoms with Gasteiger partial charge in [-0.25, -0.2) is 9.59 Å². The van der Waals surface area contributed by atoms with Gasteiger partial charge in [0.05, 0.1) is 25.4 Å². The Kier molecular flexibility index (Phi) is 12.7. The maximum absolute atomic E-state index is 13.8. The normalized spacial score (nSPS) is 37.3. The highest BCUT2D eigenvalue weighted by Crippen LogP contribution is 2.72. The van der Waals surface area contributed by atoms with E-state index in [1.807, 2.05) is 6.92 Å². The molecule has 1 saturated heterocycles. The van der Waals surface area contributed by atoms with Gasteiger partial charge in [-0.15, -0.1) is 0 Å². The predicted octanol–water partition coefficient (Wildman–Crippen LogP) is 6.25. The number of aliphatic hydroxyl groups is 3. The number of ether oxygens (including phenoxy) is 4. The van der Waals surface area contributed by atoms with E-state index in [-0.39, 0.29) is 36.7 Å². The summed E-state index contributed by atoms with van der Waals surface area (Å²) in [5, 5.41) is 33.9. The second-order valence-electron chi connectivity index (χ2n) is 18.0. The molecule has 10 heteroatoms. The van der Waals surface area contributed by atoms with Gasteiger partial charge in [0.15, 0.2) is 12.2 Å². The SMILES string of the molecule is C/C=C(\C)[C@@H](O)C(=O)O[C@@H]1CC(C(C)(C)O)[C@](C)(CCC(=O)OC)[C@H]2[C@H](OC(=O)[C@H](O)C(C)C)C[C@]3(C)C(=CC[C@H]3[C@H]3CO[C@H](C=C(C)C)C3)[C@]12C. The molecule has 2 saturated carbocycles. The van der Waals surface area contributed by atoms with Crippen LogP contribution >= 0.6 is 0 Å². The van der Waals surface area contributed by atoms with E-state index in [9.17, 15) is 29.7 Å². The molecule has 3 fully saturated rings. The number of methoxy groups -OCH3 is 1. The van der Waals surface area contributed by atoms with Gasteiger partial charge < -0.3 is 34.3 Å². The van der Waals surface area contributed by atoms with Crippen molar-refractivity contribution in [1.29, 1.82) is 0 Å². The Balaban J connectivity index is 1.95. The third-order valence-corrected chi connectivity index (χ3v) is 13.5. The first-order valence-corrected chi connectivity index (χ1v) is 19.2. The lowest BCUT2D eigenvalue weighted by molar-refractivity contribution is -0.241. The summed E-state index contributed by atoms with van der Waals surface area (Å²) in [5.74, 6) is -3.04. The van der Waals surface area contributed by atoms with Crippen molar-refractivity contribution in [3.63, 3.8) is 0 Å². The molecule has 0 radical (unpaired) electrons. The second-order valence-corrected chi connectivity index (χ2v) is 18.0. The summed E-state index contributed by atoms with van der Waals surface area (Å²) < 4.78 is 24.3. The van der Waals surface area contributed by atoms with E-state index in [2.05, 4.69) is 39.8 Å². The number of rotatable bonds is 12. The smallest absolute Gasteiger partial charge is 0.339 e. The van der Waals surface area contributed by atoms with Crippen molar-refractivity contribution in [1.82, 2.24) is 0 Å². The van der Waals surface area contributed by atoms with E-state index < -0.39 is 76.0 Å². The van der Waals surface area contributed by atoms with Gasteiger partial charge >= 0.3 is 17.9 Å². The minimum Gasteiger partial charge on any atom is -0.469 e. The molecule has 1 heterocycles. The molecule has 4 rings (SSSR count). The first kappa shape index (κ1) is 42.2. The zero-order valence-corrected chi connectivity index (χ0v) is 33.7. The van der Waals surface area contributed by atoms with Crippen LogP contribution in [0.1, 0.15) is 115 Å². The topological polar surface area (TPSA) is 149 Å². The van der Waals surface area contributed by atoms with Crippen LogP contribution in [0.15, 0.2) is 34.9 Å². The Morgan fingerprint density at radius 3 is 2.27 bits per heavy atom. The number of allylic oxidation sites excluding steroid dienone is 3. The average molecular weight is 731 g/mol. The molecular weight excluding hydrogens is 664 g/mol. The number of aliphatic hydroxyl groups excluding tert-OH is 2. The highest BCUT2D eigenvalue weighted by Gasteiger charge is 2.71. The van der Waals surface area contributed by atoms with Crippen LogP contribution in [-0.4, -0.2) is 83.1 Å². The second kappa shape index (κ2) is 15.7. The highest BCUT2D eigenvalue weighted by molar-refractivity contribution is 5.78. The number of esters is 3. The highest BCUT2D eigenvalue weighted by atomic mass is 16.6. The van der Waals surface area contributed by atoms with Gasteiger partial charge in [0, 0.05) is 17.8 Å². The summed E-state index contributed by atoms with van der Waals surface area (Å²) >= 11 is 0. The van der Waals surface area contributed by atoms with Gasteiger partial charge in [-0.2, -0.15) is 0 Å². The summed E-state index contributed by atoms with van der Waals surface area (Å²) in [5.41, 5.74) is -0.873. The van der Waals surface area contributed by atoms with Crippen molar-refractivity contribution in [3.8, 4) is 0 Å². The minimum atomic E-state index is -1.47. The third kappa shape index (κ3) is 7.82. The summed E-state index contributed by atoms with van der Waals surface area (Å²) in [6.45, 7) is 21.4. The lowest BCUT2D eigenvalue weighted by atomic mass is 9.39. The largest absolute Gasteiger partial charge is 0.469 e. The van der Waals surface area contributed by atoms with E-state index in [0.717, 1.165) is 18.4 Å². The van der Waals surface area contributed by atoms with E-state index >= 15 is 0 Å². The first-order valence-electron chi connectivity index (χ1n) is 19.2. The minimum absolute atomic E-state index is 0.0123. The van der Waals surface area contributed by atoms with Gasteiger partial charge in [-0.3, -0.25) is 4.79 Å². The summed E-state index contributed by atoms with van der Waals surface area (Å²) in [7, 11) is 1.35. The van der Waals surface area contributed by atoms with Crippen molar-refractivity contribution >= 4 is 17.9 Å². The number of carbonyl (C=O) groups is 3. The standard InChI is InChI=1S/C42H66O10/c1-13-25(6)35(45)38(47)52-32-20-31(39(7,8)48)40(9,17-16-33(43)49-12)36-29(51-37(46)34(44)24(4)5)21-41(10)28(14-15-30(41)42(32,36)11)26-19-27(50-22-26)18-23(2)3/h13,15,18,24,26-29,31-32,34-36,44-45,48H,14,16-17,19-22H2,1-12H3/b25-13+/t26-,27-,28+,29-,31?,32-,34-,35-,36-,40+,41+,42-/m1/s1. The molecule has 3 N–H and O–H groups in total. The lowest BCUT2D eigenvalue weighted by Gasteiger charge is -2.67. The van der Waals surface area contributed by atoms with E-state index in [0.29, 0.717) is 25.0 Å². The van der Waals surface area contributed by atoms with E-state index in [1.165, 1.54) is 12.7 Å². The molecule has 1 aliphatic heterocycles. The van der Waals surface area contributed by atoms with Crippen LogP contribution in [0.3, 0.4) is 0 Å². The molecule has 10 nitrogen and oxygen atoms in total. The molecular formula is C42H66O10. The molecule has 0 amide bonds. The van der Waals surface area contributed by atoms with Crippen LogP contribution in [0.2, 0.25) is 0 Å². The molecule has 52 heavy (non-hydrogen) atoms. The van der Waals surface area contributed by atoms with Crippen LogP contribution in [0.25, 0.3) is 0 Å². The monoisotopic (exact) mass is 730 g/mol. The zero-order valence-electron chi connectivity index (χ0n) is 33.7. The Bertz CT molecular complexity index is 1430. The fourth-order valence-corrected chi connectivity index (χ4v) is 10.9. The van der Waals surface area contributed by atoms with Gasteiger partial charge in [0.2, 0.25) is 0 Å². The van der Waals surface area contributed by atoms with Crippen molar-refractivity contribution < 1.29 is 48.7 Å². The predicted molar refractivity (Wildman–Crippen MR) is 198 cm³/mol. The van der Waals surface area contributed by atoms with Crippen LogP contribution in [-0.2, 0) is 33.3 Å². The zero-order chi connectivity index (χ0) is 39.1. The lowest BCUT2D eigenvalue weighted by Crippen LogP contribution is -2.68. The molecule has 0 aromatic rings. The molecule has 294 valence electrons. The van der Waals surface area contributed by atoms with Crippen LogP contribution in [0.4, 0.5) is 0 Å². The quantitative estimate of drug-likeness (QED) is 0.120. The first-order chi connectivity index (χ1) is 24.1. The number of hydrogen-bond donors (Lipinski definition) is 3. The van der Waals surface area contributed by atoms with Crippen LogP contribution in [0.5, 0.6) is 0 Å². The van der Waals surface area contributed by atoms with Gasteiger partial charge in [-0.1, -0.05) is 64.0 Å². The van der Waals surface area contributed by atoms with Gasteiger partial charge in [0.25, 0.3) is 0 Å². The van der Waals surface area contributed by atoms with Crippen LogP contribution < -0.4 is 0 Å². The van der Waals surface area contributed by atoms with E-state index in [1.54, 1.807) is 47.6 Å². The molecule has 3 aliphatic carbocycles. The Morgan fingerprint density at radius 2 is 1.71 bits per heavy atom.